The summed E-state index contributed by atoms with van der Waals surface area (Å²) in [6.45, 7) is 2.57. The first kappa shape index (κ1) is 37.4. The Kier molecular flexibility index (Phi) is 8.87. The van der Waals surface area contributed by atoms with Crippen molar-refractivity contribution >= 4 is 49.1 Å². The second kappa shape index (κ2) is 13.0. The number of nitrogen functional groups attached to an aromatic ring is 1. The Bertz CT molecular complexity index is 2270. The fourth-order valence-corrected chi connectivity index (χ4v) is 9.78. The first-order valence-electron chi connectivity index (χ1n) is 17.9. The Morgan fingerprint density at radius 1 is 1.16 bits per heavy atom. The van der Waals surface area contributed by atoms with Crippen LogP contribution in [0.3, 0.4) is 0 Å². The van der Waals surface area contributed by atoms with E-state index in [2.05, 4.69) is 9.97 Å². The number of alkyl halides is 7. The van der Waals surface area contributed by atoms with Gasteiger partial charge in [-0.1, -0.05) is 6.07 Å². The van der Waals surface area contributed by atoms with E-state index in [-0.39, 0.29) is 59.5 Å². The molecule has 3 aliphatic heterocycles. The van der Waals surface area contributed by atoms with Crippen LogP contribution in [0.4, 0.5) is 45.9 Å². The molecule has 4 aromatic rings. The van der Waals surface area contributed by atoms with Gasteiger partial charge in [-0.25, -0.2) is 8.78 Å². The van der Waals surface area contributed by atoms with Crippen LogP contribution in [-0.2, 0) is 17.1 Å². The molecule has 0 radical (unpaired) electrons. The highest BCUT2D eigenvalue weighted by Crippen LogP contribution is 2.52. The molecule has 2 N–H and O–H groups in total. The van der Waals surface area contributed by atoms with Crippen LogP contribution in [0, 0.1) is 23.1 Å². The van der Waals surface area contributed by atoms with Crippen molar-refractivity contribution in [2.45, 2.75) is 81.6 Å². The molecule has 0 spiro atoms. The Labute approximate surface area is 313 Å². The lowest BCUT2D eigenvalue weighted by Gasteiger charge is -2.31. The largest absolute Gasteiger partial charge is 0.461 e. The number of nitrogens with zero attached hydrogens (tertiary/aromatic N) is 6. The maximum atomic E-state index is 15.7. The average Bonchev–Trinajstić information content (AvgIpc) is 3.50. The summed E-state index contributed by atoms with van der Waals surface area (Å²) >= 11 is 0.532. The molecule has 0 unspecified atom stereocenters. The van der Waals surface area contributed by atoms with Crippen LogP contribution in [0.25, 0.3) is 32.1 Å². The molecule has 8 rings (SSSR count). The molecular formula is C37H35F8N7O2S. The van der Waals surface area contributed by atoms with Crippen molar-refractivity contribution in [3.63, 3.8) is 0 Å². The minimum atomic E-state index is -5.51. The number of likely N-dealkylation sites (tertiary alicyclic amines) is 1. The van der Waals surface area contributed by atoms with E-state index in [1.807, 2.05) is 11.8 Å². The number of fused-ring (bicyclic) bond motifs is 3. The number of carbonyl (C=O) groups is 1. The molecule has 4 aliphatic rings. The summed E-state index contributed by atoms with van der Waals surface area (Å²) in [4.78, 5) is 26.8. The highest BCUT2D eigenvalue weighted by molar-refractivity contribution is 7.23. The summed E-state index contributed by atoms with van der Waals surface area (Å²) in [6.07, 6.45) is -8.79. The maximum absolute atomic E-state index is 15.7. The summed E-state index contributed by atoms with van der Waals surface area (Å²) < 4.78 is 128. The van der Waals surface area contributed by atoms with Crippen molar-refractivity contribution in [1.82, 2.24) is 19.8 Å². The second-order valence-corrected chi connectivity index (χ2v) is 16.2. The van der Waals surface area contributed by atoms with Gasteiger partial charge in [-0.15, -0.1) is 11.3 Å². The number of halogens is 8. The molecule has 18 heteroatoms. The van der Waals surface area contributed by atoms with Gasteiger partial charge in [0.25, 0.3) is 0 Å². The Hall–Kier alpha value is -4.50. The van der Waals surface area contributed by atoms with Gasteiger partial charge in [-0.3, -0.25) is 9.69 Å². The first-order valence-corrected chi connectivity index (χ1v) is 18.7. The summed E-state index contributed by atoms with van der Waals surface area (Å²) in [6, 6.07) is 2.38. The van der Waals surface area contributed by atoms with Gasteiger partial charge in [0.15, 0.2) is 0 Å². The number of anilines is 2. The Balaban J connectivity index is 1.37. The topological polar surface area (TPSA) is 112 Å². The van der Waals surface area contributed by atoms with Crippen LogP contribution in [0.5, 0.6) is 6.01 Å². The van der Waals surface area contributed by atoms with Crippen LogP contribution in [0.1, 0.15) is 62.1 Å². The fraction of sp³-hybridized carbons (Fsp3) is 0.514. The molecule has 2 aromatic carbocycles. The minimum absolute atomic E-state index is 0.0529. The Morgan fingerprint density at radius 3 is 2.58 bits per heavy atom. The summed E-state index contributed by atoms with van der Waals surface area (Å²) in [5.74, 6) is -1.44. The van der Waals surface area contributed by atoms with Crippen molar-refractivity contribution in [2.24, 2.45) is 5.92 Å². The number of rotatable bonds is 7. The van der Waals surface area contributed by atoms with Gasteiger partial charge >= 0.3 is 18.4 Å². The molecule has 9 nitrogen and oxygen atoms in total. The number of aromatic nitrogens is 2. The quantitative estimate of drug-likeness (QED) is 0.188. The van der Waals surface area contributed by atoms with Gasteiger partial charge in [-0.2, -0.15) is 41.6 Å². The van der Waals surface area contributed by atoms with Crippen molar-refractivity contribution < 1.29 is 44.7 Å². The van der Waals surface area contributed by atoms with Gasteiger partial charge in [0, 0.05) is 60.9 Å². The molecule has 1 aliphatic carbocycles. The SMILES string of the molecule is C[C@H]1C[C@H](N(C)c2nc(OC[C@@]34CCCN3C[C@H](F)C4)nc3c(C(F)(F)F)c(-c4ccc(F)c5sc(N)c(C#N)c45)c(C(F)(F)F)cc23)CN1C(=O)C1CC1. The second-order valence-electron chi connectivity index (χ2n) is 15.1. The van der Waals surface area contributed by atoms with E-state index < -0.39 is 86.0 Å². The molecule has 1 saturated carbocycles. The van der Waals surface area contributed by atoms with Crippen molar-refractivity contribution in [3.8, 4) is 23.2 Å². The summed E-state index contributed by atoms with van der Waals surface area (Å²) in [7, 11) is 1.49. The number of benzene rings is 2. The lowest BCUT2D eigenvalue weighted by molar-refractivity contribution is -0.141. The minimum Gasteiger partial charge on any atom is -0.461 e. The number of nitrogens with two attached hydrogens (primary N) is 1. The number of nitriles is 1. The number of amides is 1. The van der Waals surface area contributed by atoms with Crippen LogP contribution in [0.15, 0.2) is 18.2 Å². The maximum Gasteiger partial charge on any atom is 0.419 e. The van der Waals surface area contributed by atoms with Gasteiger partial charge in [-0.05, 0) is 63.3 Å². The summed E-state index contributed by atoms with van der Waals surface area (Å²) in [5, 5.41) is 8.52. The lowest BCUT2D eigenvalue weighted by atomic mass is 9.88. The number of likely N-dealkylation sites (N-methyl/N-ethyl adjacent to an activating group) is 1. The third-order valence-corrected chi connectivity index (χ3v) is 12.6. The van der Waals surface area contributed by atoms with Crippen LogP contribution >= 0.6 is 11.3 Å². The van der Waals surface area contributed by atoms with Crippen LogP contribution < -0.4 is 15.4 Å². The average molecular weight is 794 g/mol. The molecular weight excluding hydrogens is 759 g/mol. The normalized spacial score (nSPS) is 24.5. The van der Waals surface area contributed by atoms with E-state index in [0.717, 1.165) is 31.4 Å². The molecule has 55 heavy (non-hydrogen) atoms. The molecule has 5 heterocycles. The van der Waals surface area contributed by atoms with E-state index in [4.69, 9.17) is 10.5 Å². The zero-order valence-corrected chi connectivity index (χ0v) is 30.4. The molecule has 3 saturated heterocycles. The highest BCUT2D eigenvalue weighted by Gasteiger charge is 2.50. The highest BCUT2D eigenvalue weighted by atomic mass is 32.1. The third-order valence-electron chi connectivity index (χ3n) is 11.6. The smallest absolute Gasteiger partial charge is 0.419 e. The van der Waals surface area contributed by atoms with Crippen molar-refractivity contribution in [3.05, 3.63) is 40.7 Å². The lowest BCUT2D eigenvalue weighted by Crippen LogP contribution is -2.43. The number of hydrogen-bond acceptors (Lipinski definition) is 9. The molecule has 1 amide bonds. The standard InChI is InChI=1S/C37H35F8N7O2S/c1-17-10-20(15-52(17)33(53)18-4-5-18)50(2)32-22-11-24(36(40,41)42)27(21-6-7-25(39)30-26(21)23(13-46)31(47)55-30)28(37(43,44)45)29(22)48-34(49-32)54-16-35-8-3-9-51(35)14-19(38)12-35/h6-7,11,17-20H,3-5,8-10,12,14-16,47H2,1-2H3/t17-,19+,20-,35-/m0/s1. The number of carbonyl (C=O) groups excluding carboxylic acids is 1. The number of thiophene rings is 1. The predicted molar refractivity (Wildman–Crippen MR) is 189 cm³/mol. The van der Waals surface area contributed by atoms with E-state index in [1.165, 1.54) is 11.9 Å². The van der Waals surface area contributed by atoms with Crippen LogP contribution in [0.2, 0.25) is 0 Å². The van der Waals surface area contributed by atoms with Gasteiger partial charge in [0.2, 0.25) is 5.91 Å². The van der Waals surface area contributed by atoms with E-state index in [0.29, 0.717) is 36.8 Å². The van der Waals surface area contributed by atoms with E-state index in [1.54, 1.807) is 11.0 Å². The Morgan fingerprint density at radius 2 is 1.91 bits per heavy atom. The third kappa shape index (κ3) is 6.27. The number of ether oxygens (including phenoxy) is 1. The van der Waals surface area contributed by atoms with Crippen LogP contribution in [-0.4, -0.2) is 82.8 Å². The summed E-state index contributed by atoms with van der Waals surface area (Å²) in [5.41, 5.74) is -1.81. The molecule has 0 bridgehead atoms. The van der Waals surface area contributed by atoms with Gasteiger partial charge in [0.05, 0.1) is 32.4 Å². The molecule has 4 atom stereocenters. The zero-order valence-electron chi connectivity index (χ0n) is 29.6. The predicted octanol–water partition coefficient (Wildman–Crippen LogP) is 7.93. The monoisotopic (exact) mass is 793 g/mol. The fourth-order valence-electron chi connectivity index (χ4n) is 8.83. The molecule has 2 aromatic heterocycles. The molecule has 4 fully saturated rings. The van der Waals surface area contributed by atoms with E-state index in [9.17, 15) is 14.4 Å². The van der Waals surface area contributed by atoms with Crippen molar-refractivity contribution in [1.29, 1.82) is 5.26 Å². The molecule has 292 valence electrons. The number of hydrogen-bond donors (Lipinski definition) is 1. The van der Waals surface area contributed by atoms with E-state index >= 15 is 30.7 Å². The van der Waals surface area contributed by atoms with Crippen molar-refractivity contribution in [2.75, 3.05) is 43.9 Å². The van der Waals surface area contributed by atoms with Gasteiger partial charge in [0.1, 0.15) is 35.5 Å². The first-order chi connectivity index (χ1) is 25.9. The van der Waals surface area contributed by atoms with Gasteiger partial charge < -0.3 is 20.3 Å². The zero-order chi connectivity index (χ0) is 39.4.